The van der Waals surface area contributed by atoms with E-state index in [0.29, 0.717) is 34.6 Å². The van der Waals surface area contributed by atoms with Gasteiger partial charge in [-0.15, -0.1) is 0 Å². The molecule has 2 aromatic carbocycles. The van der Waals surface area contributed by atoms with Crippen LogP contribution < -0.4 is 15.6 Å². The third-order valence-corrected chi connectivity index (χ3v) is 6.44. The number of rotatable bonds is 7. The average molecular weight is 454 g/mol. The highest BCUT2D eigenvalue weighted by atomic mass is 32.2. The minimum atomic E-state index is -0.436. The lowest BCUT2D eigenvalue weighted by atomic mass is 9.86. The fourth-order valence-electron chi connectivity index (χ4n) is 3.77. The van der Waals surface area contributed by atoms with E-state index in [2.05, 4.69) is 10.3 Å². The summed E-state index contributed by atoms with van der Waals surface area (Å²) in [4.78, 5) is 30.0. The van der Waals surface area contributed by atoms with Crippen molar-refractivity contribution in [3.8, 4) is 5.75 Å². The SMILES string of the molecule is CCCOc1ccccc1[C@@H]1CC(=O)Nc2c1c(=O)nc(SCc1ccc(F)cc1)n2C. The molecular weight excluding hydrogens is 429 g/mol. The molecule has 8 heteroatoms. The summed E-state index contributed by atoms with van der Waals surface area (Å²) in [7, 11) is 1.78. The summed E-state index contributed by atoms with van der Waals surface area (Å²) in [5.41, 5.74) is 1.82. The number of carbonyl (C=O) groups is 1. The summed E-state index contributed by atoms with van der Waals surface area (Å²) in [6.45, 7) is 2.58. The molecular formula is C24H24FN3O3S. The molecule has 0 bridgehead atoms. The van der Waals surface area contributed by atoms with Crippen LogP contribution in [0.25, 0.3) is 0 Å². The number of amides is 1. The quantitative estimate of drug-likeness (QED) is 0.422. The number of carbonyl (C=O) groups excluding carboxylic acids is 1. The molecule has 2 heterocycles. The third-order valence-electron chi connectivity index (χ3n) is 5.34. The highest BCUT2D eigenvalue weighted by Crippen LogP contribution is 2.39. The lowest BCUT2D eigenvalue weighted by Crippen LogP contribution is -2.33. The van der Waals surface area contributed by atoms with Crippen molar-refractivity contribution >= 4 is 23.5 Å². The molecule has 1 aliphatic heterocycles. The van der Waals surface area contributed by atoms with Crippen molar-refractivity contribution < 1.29 is 13.9 Å². The lowest BCUT2D eigenvalue weighted by Gasteiger charge is -2.28. The van der Waals surface area contributed by atoms with Gasteiger partial charge in [0.1, 0.15) is 17.4 Å². The number of nitrogens with one attached hydrogen (secondary N) is 1. The van der Waals surface area contributed by atoms with Crippen molar-refractivity contribution in [3.63, 3.8) is 0 Å². The molecule has 1 aromatic heterocycles. The number of hydrogen-bond donors (Lipinski definition) is 1. The Bertz CT molecular complexity index is 1190. The predicted molar refractivity (Wildman–Crippen MR) is 123 cm³/mol. The van der Waals surface area contributed by atoms with Gasteiger partial charge < -0.3 is 14.6 Å². The number of para-hydroxylation sites is 1. The first-order valence-corrected chi connectivity index (χ1v) is 11.5. The molecule has 1 atom stereocenters. The highest BCUT2D eigenvalue weighted by molar-refractivity contribution is 7.98. The van der Waals surface area contributed by atoms with Gasteiger partial charge in [0.05, 0.1) is 12.2 Å². The molecule has 6 nitrogen and oxygen atoms in total. The third kappa shape index (κ3) is 4.55. The molecule has 32 heavy (non-hydrogen) atoms. The molecule has 4 rings (SSSR count). The van der Waals surface area contributed by atoms with Crippen LogP contribution in [-0.2, 0) is 17.6 Å². The number of thioether (sulfide) groups is 1. The predicted octanol–water partition coefficient (Wildman–Crippen LogP) is 4.47. The Balaban J connectivity index is 1.70. The van der Waals surface area contributed by atoms with Crippen LogP contribution in [0.1, 0.15) is 42.4 Å². The van der Waals surface area contributed by atoms with Crippen molar-refractivity contribution in [2.75, 3.05) is 11.9 Å². The second kappa shape index (κ2) is 9.56. The Kier molecular flexibility index (Phi) is 6.60. The molecule has 0 radical (unpaired) electrons. The normalized spacial score (nSPS) is 15.2. The van der Waals surface area contributed by atoms with E-state index in [4.69, 9.17) is 4.74 Å². The zero-order chi connectivity index (χ0) is 22.7. The van der Waals surface area contributed by atoms with Crippen LogP contribution in [0.4, 0.5) is 10.2 Å². The molecule has 1 amide bonds. The van der Waals surface area contributed by atoms with Gasteiger partial charge in [-0.05, 0) is 30.2 Å². The van der Waals surface area contributed by atoms with Crippen LogP contribution in [0.3, 0.4) is 0 Å². The Morgan fingerprint density at radius 2 is 1.94 bits per heavy atom. The molecule has 1 aliphatic rings. The van der Waals surface area contributed by atoms with Gasteiger partial charge in [-0.3, -0.25) is 9.59 Å². The van der Waals surface area contributed by atoms with E-state index in [0.717, 1.165) is 17.5 Å². The fraction of sp³-hybridized carbons (Fsp3) is 0.292. The molecule has 0 fully saturated rings. The lowest BCUT2D eigenvalue weighted by molar-refractivity contribution is -0.116. The highest BCUT2D eigenvalue weighted by Gasteiger charge is 2.33. The number of halogens is 1. The topological polar surface area (TPSA) is 73.2 Å². The van der Waals surface area contributed by atoms with Gasteiger partial charge in [0.2, 0.25) is 5.91 Å². The first-order valence-electron chi connectivity index (χ1n) is 10.5. The number of nitrogens with zero attached hydrogens (tertiary/aromatic N) is 2. The van der Waals surface area contributed by atoms with Crippen molar-refractivity contribution in [2.24, 2.45) is 7.05 Å². The number of hydrogen-bond acceptors (Lipinski definition) is 5. The van der Waals surface area contributed by atoms with E-state index in [1.807, 2.05) is 31.2 Å². The van der Waals surface area contributed by atoms with E-state index in [1.165, 1.54) is 23.9 Å². The molecule has 0 unspecified atom stereocenters. The molecule has 0 saturated carbocycles. The van der Waals surface area contributed by atoms with Crippen molar-refractivity contribution in [3.05, 3.63) is 81.4 Å². The minimum absolute atomic E-state index is 0.151. The monoisotopic (exact) mass is 453 g/mol. The van der Waals surface area contributed by atoms with E-state index < -0.39 is 5.92 Å². The van der Waals surface area contributed by atoms with Crippen molar-refractivity contribution in [1.29, 1.82) is 0 Å². The molecule has 0 spiro atoms. The average Bonchev–Trinajstić information content (AvgIpc) is 2.79. The van der Waals surface area contributed by atoms with Gasteiger partial charge in [0.15, 0.2) is 5.16 Å². The van der Waals surface area contributed by atoms with Crippen LogP contribution in [0, 0.1) is 5.82 Å². The van der Waals surface area contributed by atoms with Gasteiger partial charge >= 0.3 is 0 Å². The van der Waals surface area contributed by atoms with E-state index in [1.54, 1.807) is 23.7 Å². The second-order valence-electron chi connectivity index (χ2n) is 7.63. The van der Waals surface area contributed by atoms with E-state index in [9.17, 15) is 14.0 Å². The first-order chi connectivity index (χ1) is 15.5. The number of fused-ring (bicyclic) bond motifs is 1. The smallest absolute Gasteiger partial charge is 0.279 e. The van der Waals surface area contributed by atoms with Crippen LogP contribution in [0.15, 0.2) is 58.5 Å². The number of benzene rings is 2. The van der Waals surface area contributed by atoms with E-state index >= 15 is 0 Å². The van der Waals surface area contributed by atoms with Crippen LogP contribution >= 0.6 is 11.8 Å². The van der Waals surface area contributed by atoms with E-state index in [-0.39, 0.29) is 23.7 Å². The van der Waals surface area contributed by atoms with Gasteiger partial charge in [-0.2, -0.15) is 4.98 Å². The molecule has 1 N–H and O–H groups in total. The first kappa shape index (κ1) is 22.1. The number of aromatic nitrogens is 2. The zero-order valence-electron chi connectivity index (χ0n) is 17.9. The molecule has 0 aliphatic carbocycles. The number of anilines is 1. The summed E-state index contributed by atoms with van der Waals surface area (Å²) in [5.74, 6) is 0.757. The Labute approximate surface area is 189 Å². The van der Waals surface area contributed by atoms with Crippen molar-refractivity contribution in [1.82, 2.24) is 9.55 Å². The van der Waals surface area contributed by atoms with Crippen LogP contribution in [0.2, 0.25) is 0 Å². The van der Waals surface area contributed by atoms with Crippen molar-refractivity contribution in [2.45, 2.75) is 36.6 Å². The second-order valence-corrected chi connectivity index (χ2v) is 8.57. The van der Waals surface area contributed by atoms with Gasteiger partial charge in [0.25, 0.3) is 5.56 Å². The maximum atomic E-state index is 13.2. The number of ether oxygens (including phenoxy) is 1. The largest absolute Gasteiger partial charge is 0.493 e. The Hall–Kier alpha value is -3.13. The minimum Gasteiger partial charge on any atom is -0.493 e. The van der Waals surface area contributed by atoms with Gasteiger partial charge in [-0.1, -0.05) is 49.0 Å². The maximum absolute atomic E-state index is 13.2. The van der Waals surface area contributed by atoms with Crippen LogP contribution in [-0.4, -0.2) is 22.1 Å². The Morgan fingerprint density at radius 1 is 1.19 bits per heavy atom. The summed E-state index contributed by atoms with van der Waals surface area (Å²) in [6.07, 6.45) is 1.01. The summed E-state index contributed by atoms with van der Waals surface area (Å²) >= 11 is 1.36. The van der Waals surface area contributed by atoms with Crippen LogP contribution in [0.5, 0.6) is 5.75 Å². The zero-order valence-corrected chi connectivity index (χ0v) is 18.7. The summed E-state index contributed by atoms with van der Waals surface area (Å²) in [5, 5.41) is 3.34. The summed E-state index contributed by atoms with van der Waals surface area (Å²) < 4.78 is 20.8. The Morgan fingerprint density at radius 3 is 2.69 bits per heavy atom. The molecule has 3 aromatic rings. The molecule has 0 saturated heterocycles. The fourth-order valence-corrected chi connectivity index (χ4v) is 4.69. The van der Waals surface area contributed by atoms with Gasteiger partial charge in [-0.25, -0.2) is 4.39 Å². The van der Waals surface area contributed by atoms with Gasteiger partial charge in [0, 0.05) is 30.7 Å². The maximum Gasteiger partial charge on any atom is 0.279 e. The summed E-state index contributed by atoms with van der Waals surface area (Å²) in [6, 6.07) is 13.7. The standard InChI is InChI=1S/C24H24FN3O3S/c1-3-12-31-19-7-5-4-6-17(19)18-13-20(29)26-22-21(18)23(30)27-24(28(22)2)32-14-15-8-10-16(25)11-9-15/h4-11,18H,3,12-14H2,1-2H3,(H,26,29)/t18-/m0/s1. The molecule has 166 valence electrons.